The molecule has 140 valence electrons. The summed E-state index contributed by atoms with van der Waals surface area (Å²) in [6.07, 6.45) is 0. The summed E-state index contributed by atoms with van der Waals surface area (Å²) in [4.78, 5) is -0.646. The lowest BCUT2D eigenvalue weighted by atomic mass is 10.1. The molecule has 0 heterocycles. The van der Waals surface area contributed by atoms with E-state index in [4.69, 9.17) is 4.55 Å². The van der Waals surface area contributed by atoms with Gasteiger partial charge in [-0.3, -0.25) is 9.11 Å². The summed E-state index contributed by atoms with van der Waals surface area (Å²) >= 11 is 0. The average Bonchev–Trinajstić information content (AvgIpc) is 2.59. The normalized spacial score (nSPS) is 12.7. The van der Waals surface area contributed by atoms with Gasteiger partial charge in [0.05, 0.1) is 10.6 Å². The van der Waals surface area contributed by atoms with Gasteiger partial charge in [0, 0.05) is 10.8 Å². The molecule has 0 bridgehead atoms. The summed E-state index contributed by atoms with van der Waals surface area (Å²) in [5.74, 6) is -0.337. The zero-order valence-corrected chi connectivity index (χ0v) is 15.0. The van der Waals surface area contributed by atoms with Crippen LogP contribution < -0.4 is 0 Å². The highest BCUT2D eigenvalue weighted by Crippen LogP contribution is 2.37. The van der Waals surface area contributed by atoms with E-state index in [-0.39, 0.29) is 37.7 Å². The molecule has 0 spiro atoms. The molecule has 3 rings (SSSR count). The Balaban J connectivity index is 2.01. The van der Waals surface area contributed by atoms with Crippen LogP contribution in [0.4, 0.5) is 11.4 Å². The summed E-state index contributed by atoms with van der Waals surface area (Å²) < 4.78 is 63.0. The Labute approximate surface area is 154 Å². The summed E-state index contributed by atoms with van der Waals surface area (Å²) in [6.45, 7) is 0. The Hall–Kier alpha value is -2.86. The summed E-state index contributed by atoms with van der Waals surface area (Å²) in [7, 11) is -8.78. The number of fused-ring (bicyclic) bond motifs is 1. The Morgan fingerprint density at radius 2 is 1.37 bits per heavy atom. The number of hydrogen-bond acceptors (Lipinski definition) is 7. The number of rotatable bonds is 4. The molecule has 0 atom stereocenters. The molecule has 3 aromatic rings. The van der Waals surface area contributed by atoms with Crippen LogP contribution in [0, 0.1) is 0 Å². The Bertz CT molecular complexity index is 1270. The van der Waals surface area contributed by atoms with Crippen molar-refractivity contribution in [3.05, 3.63) is 54.6 Å². The van der Waals surface area contributed by atoms with Crippen molar-refractivity contribution in [2.75, 3.05) is 0 Å². The van der Waals surface area contributed by atoms with Crippen molar-refractivity contribution in [2.24, 2.45) is 10.2 Å². The van der Waals surface area contributed by atoms with Gasteiger partial charge in [0.2, 0.25) is 0 Å². The topological polar surface area (TPSA) is 154 Å². The number of aromatic hydroxyl groups is 1. The van der Waals surface area contributed by atoms with Crippen LogP contribution in [-0.2, 0) is 20.2 Å². The van der Waals surface area contributed by atoms with Gasteiger partial charge in [0.15, 0.2) is 5.75 Å². The molecule has 3 aromatic carbocycles. The van der Waals surface area contributed by atoms with Gasteiger partial charge in [0.25, 0.3) is 20.2 Å². The maximum atomic E-state index is 11.4. The van der Waals surface area contributed by atoms with Gasteiger partial charge in [-0.25, -0.2) is 0 Å². The van der Waals surface area contributed by atoms with Crippen molar-refractivity contribution in [1.29, 1.82) is 0 Å². The van der Waals surface area contributed by atoms with Crippen LogP contribution in [0.3, 0.4) is 0 Å². The maximum absolute atomic E-state index is 11.4. The van der Waals surface area contributed by atoms with E-state index in [2.05, 4.69) is 10.2 Å². The van der Waals surface area contributed by atoms with Crippen LogP contribution in [0.2, 0.25) is 0 Å². The van der Waals surface area contributed by atoms with E-state index >= 15 is 0 Å². The Morgan fingerprint density at radius 1 is 0.704 bits per heavy atom. The maximum Gasteiger partial charge on any atom is 0.295 e. The molecule has 0 unspecified atom stereocenters. The fourth-order valence-corrected chi connectivity index (χ4v) is 3.59. The van der Waals surface area contributed by atoms with Crippen LogP contribution in [0.1, 0.15) is 0 Å². The van der Waals surface area contributed by atoms with Gasteiger partial charge < -0.3 is 5.11 Å². The zero-order chi connectivity index (χ0) is 19.8. The Morgan fingerprint density at radius 3 is 1.96 bits per heavy atom. The standard InChI is InChI=1S/C16H12N2O7S2/c19-16-13-2-1-3-15(27(23,24)25)12(13)8-9-14(16)18-17-10-4-6-11(7-5-10)26(20,21)22/h1-9,19H,(H,20,21,22)(H,23,24,25). The third-order valence-corrected chi connectivity index (χ3v) is 5.44. The van der Waals surface area contributed by atoms with E-state index in [0.717, 1.165) is 12.1 Å². The third-order valence-electron chi connectivity index (χ3n) is 3.66. The second-order valence-electron chi connectivity index (χ2n) is 5.43. The molecular formula is C16H12N2O7S2. The molecule has 11 heteroatoms. The molecule has 9 nitrogen and oxygen atoms in total. The minimum Gasteiger partial charge on any atom is -0.505 e. The van der Waals surface area contributed by atoms with Crippen LogP contribution in [0.25, 0.3) is 10.8 Å². The first kappa shape index (κ1) is 18.9. The van der Waals surface area contributed by atoms with Crippen molar-refractivity contribution < 1.29 is 31.0 Å². The molecule has 0 saturated carbocycles. The van der Waals surface area contributed by atoms with Gasteiger partial charge >= 0.3 is 0 Å². The van der Waals surface area contributed by atoms with E-state index in [1.165, 1.54) is 42.5 Å². The molecule has 0 radical (unpaired) electrons. The minimum absolute atomic E-state index is 0.0360. The van der Waals surface area contributed by atoms with E-state index in [1.54, 1.807) is 0 Å². The van der Waals surface area contributed by atoms with Gasteiger partial charge in [-0.05, 0) is 36.4 Å². The number of azo groups is 1. The second-order valence-corrected chi connectivity index (χ2v) is 8.24. The highest BCUT2D eigenvalue weighted by molar-refractivity contribution is 7.86. The quantitative estimate of drug-likeness (QED) is 0.441. The first-order chi connectivity index (χ1) is 12.6. The predicted molar refractivity (Wildman–Crippen MR) is 95.9 cm³/mol. The molecule has 27 heavy (non-hydrogen) atoms. The molecule has 0 aliphatic rings. The lowest BCUT2D eigenvalue weighted by molar-refractivity contribution is 0.480. The van der Waals surface area contributed by atoms with Crippen LogP contribution >= 0.6 is 0 Å². The summed E-state index contributed by atoms with van der Waals surface area (Å²) in [6, 6.07) is 11.6. The number of phenols is 1. The highest BCUT2D eigenvalue weighted by atomic mass is 32.2. The first-order valence-electron chi connectivity index (χ1n) is 7.29. The van der Waals surface area contributed by atoms with E-state index in [0.29, 0.717) is 0 Å². The fourth-order valence-electron chi connectivity index (χ4n) is 2.40. The van der Waals surface area contributed by atoms with Crippen molar-refractivity contribution in [3.63, 3.8) is 0 Å². The molecule has 0 aliphatic carbocycles. The number of nitrogens with zero attached hydrogens (tertiary/aromatic N) is 2. The van der Waals surface area contributed by atoms with Crippen molar-refractivity contribution in [1.82, 2.24) is 0 Å². The second kappa shape index (κ2) is 6.70. The lowest BCUT2D eigenvalue weighted by Gasteiger charge is -2.07. The van der Waals surface area contributed by atoms with Crippen molar-refractivity contribution in [3.8, 4) is 5.75 Å². The molecule has 0 aromatic heterocycles. The van der Waals surface area contributed by atoms with Crippen LogP contribution in [0.15, 0.2) is 74.6 Å². The van der Waals surface area contributed by atoms with E-state index in [1.807, 2.05) is 0 Å². The largest absolute Gasteiger partial charge is 0.505 e. The predicted octanol–water partition coefficient (Wildman–Crippen LogP) is 3.45. The van der Waals surface area contributed by atoms with Crippen molar-refractivity contribution in [2.45, 2.75) is 9.79 Å². The van der Waals surface area contributed by atoms with Gasteiger partial charge in [-0.15, -0.1) is 5.11 Å². The molecular weight excluding hydrogens is 396 g/mol. The van der Waals surface area contributed by atoms with Gasteiger partial charge in [0.1, 0.15) is 10.6 Å². The molecule has 0 aliphatic heterocycles. The number of phenolic OH excluding ortho intramolecular Hbond substituents is 1. The molecule has 0 fully saturated rings. The average molecular weight is 408 g/mol. The highest BCUT2D eigenvalue weighted by Gasteiger charge is 2.16. The van der Waals surface area contributed by atoms with Crippen LogP contribution in [-0.4, -0.2) is 31.0 Å². The number of benzene rings is 3. The fraction of sp³-hybridized carbons (Fsp3) is 0. The molecule has 0 amide bonds. The smallest absolute Gasteiger partial charge is 0.295 e. The van der Waals surface area contributed by atoms with E-state index < -0.39 is 20.2 Å². The molecule has 0 saturated heterocycles. The van der Waals surface area contributed by atoms with Crippen LogP contribution in [0.5, 0.6) is 5.75 Å². The molecule has 3 N–H and O–H groups in total. The number of hydrogen-bond donors (Lipinski definition) is 3. The third kappa shape index (κ3) is 3.95. The van der Waals surface area contributed by atoms with Gasteiger partial charge in [-0.2, -0.15) is 21.9 Å². The monoisotopic (exact) mass is 408 g/mol. The van der Waals surface area contributed by atoms with Crippen molar-refractivity contribution >= 4 is 42.4 Å². The summed E-state index contributed by atoms with van der Waals surface area (Å²) in [5.41, 5.74) is 0.294. The summed E-state index contributed by atoms with van der Waals surface area (Å²) in [5, 5.41) is 18.3. The SMILES string of the molecule is O=S(=O)(O)c1ccc(N=Nc2ccc3c(S(=O)(=O)O)cccc3c2O)cc1. The van der Waals surface area contributed by atoms with E-state index in [9.17, 15) is 26.5 Å². The lowest BCUT2D eigenvalue weighted by Crippen LogP contribution is -1.98. The zero-order valence-electron chi connectivity index (χ0n) is 13.4. The van der Waals surface area contributed by atoms with Gasteiger partial charge in [-0.1, -0.05) is 18.2 Å². The minimum atomic E-state index is -4.47. The Kier molecular flexibility index (Phi) is 4.70. The first-order valence-corrected chi connectivity index (χ1v) is 10.2.